The van der Waals surface area contributed by atoms with Gasteiger partial charge in [-0.2, -0.15) is 16.6 Å². The number of hydrogen-bond donors (Lipinski definition) is 2. The van der Waals surface area contributed by atoms with Gasteiger partial charge in [0.1, 0.15) is 22.9 Å². The summed E-state index contributed by atoms with van der Waals surface area (Å²) in [6.07, 6.45) is 5.67. The van der Waals surface area contributed by atoms with Crippen LogP contribution < -0.4 is 10.6 Å². The van der Waals surface area contributed by atoms with Gasteiger partial charge < -0.3 is 19.9 Å². The number of aryl methyl sites for hydroxylation is 1. The van der Waals surface area contributed by atoms with Crippen molar-refractivity contribution < 1.29 is 18.8 Å². The van der Waals surface area contributed by atoms with E-state index < -0.39 is 6.09 Å². The van der Waals surface area contributed by atoms with Crippen molar-refractivity contribution in [3.63, 3.8) is 0 Å². The fourth-order valence-corrected chi connectivity index (χ4v) is 5.30. The summed E-state index contributed by atoms with van der Waals surface area (Å²) in [6.45, 7) is 2.05. The molecular formula is C22H20N4O4S2. The largest absolute Gasteiger partial charge is 0.446 e. The van der Waals surface area contributed by atoms with Crippen LogP contribution in [0.15, 0.2) is 33.6 Å². The molecule has 0 aliphatic heterocycles. The lowest BCUT2D eigenvalue weighted by Gasteiger charge is -2.22. The molecule has 1 unspecified atom stereocenters. The molecule has 2 amide bonds. The first-order valence-corrected chi connectivity index (χ1v) is 11.7. The fourth-order valence-electron chi connectivity index (χ4n) is 3.41. The van der Waals surface area contributed by atoms with E-state index in [2.05, 4.69) is 21.9 Å². The zero-order valence-electron chi connectivity index (χ0n) is 17.2. The SMILES string of the molecule is Cc1oncc1CNC(=O)OC1CCc2c(sc(NC(=O)C=Cc3ccsc3)c2C#N)C1. The Morgan fingerprint density at radius 1 is 1.47 bits per heavy atom. The lowest BCUT2D eigenvalue weighted by Crippen LogP contribution is -2.31. The van der Waals surface area contributed by atoms with Crippen molar-refractivity contribution in [3.8, 4) is 6.07 Å². The first kappa shape index (κ1) is 21.8. The van der Waals surface area contributed by atoms with E-state index in [4.69, 9.17) is 9.26 Å². The van der Waals surface area contributed by atoms with Crippen molar-refractivity contribution in [1.29, 1.82) is 5.26 Å². The minimum Gasteiger partial charge on any atom is -0.446 e. The minimum atomic E-state index is -0.511. The van der Waals surface area contributed by atoms with Crippen molar-refractivity contribution in [2.24, 2.45) is 0 Å². The molecule has 0 saturated heterocycles. The van der Waals surface area contributed by atoms with Gasteiger partial charge >= 0.3 is 6.09 Å². The first-order valence-electron chi connectivity index (χ1n) is 9.94. The smallest absolute Gasteiger partial charge is 0.407 e. The van der Waals surface area contributed by atoms with Gasteiger partial charge in [-0.1, -0.05) is 5.16 Å². The van der Waals surface area contributed by atoms with E-state index >= 15 is 0 Å². The van der Waals surface area contributed by atoms with Crippen LogP contribution in [0, 0.1) is 18.3 Å². The summed E-state index contributed by atoms with van der Waals surface area (Å²) in [4.78, 5) is 25.4. The lowest BCUT2D eigenvalue weighted by molar-refractivity contribution is -0.111. The van der Waals surface area contributed by atoms with Crippen molar-refractivity contribution in [2.75, 3.05) is 5.32 Å². The van der Waals surface area contributed by atoms with Gasteiger partial charge in [-0.25, -0.2) is 4.79 Å². The number of fused-ring (bicyclic) bond motifs is 1. The molecule has 4 rings (SSSR count). The Morgan fingerprint density at radius 3 is 3.06 bits per heavy atom. The van der Waals surface area contributed by atoms with Crippen LogP contribution in [0.25, 0.3) is 6.08 Å². The molecule has 0 saturated carbocycles. The van der Waals surface area contributed by atoms with E-state index in [1.54, 1.807) is 30.5 Å². The normalized spacial score (nSPS) is 15.2. The Hall–Kier alpha value is -3.42. The number of aromatic nitrogens is 1. The van der Waals surface area contributed by atoms with Gasteiger partial charge in [0.2, 0.25) is 5.91 Å². The number of thiophene rings is 2. The number of nitrogens with zero attached hydrogens (tertiary/aromatic N) is 2. The van der Waals surface area contributed by atoms with Gasteiger partial charge in [0.25, 0.3) is 0 Å². The molecular weight excluding hydrogens is 448 g/mol. The number of nitrogens with one attached hydrogen (secondary N) is 2. The maximum atomic E-state index is 12.3. The van der Waals surface area contributed by atoms with Crippen LogP contribution in [0.5, 0.6) is 0 Å². The molecule has 2 N–H and O–H groups in total. The molecule has 0 bridgehead atoms. The highest BCUT2D eigenvalue weighted by Crippen LogP contribution is 2.38. The lowest BCUT2D eigenvalue weighted by atomic mass is 9.94. The predicted octanol–water partition coefficient (Wildman–Crippen LogP) is 4.41. The fraction of sp³-hybridized carbons (Fsp3) is 0.273. The van der Waals surface area contributed by atoms with E-state index in [1.165, 1.54) is 17.4 Å². The highest BCUT2D eigenvalue weighted by molar-refractivity contribution is 7.16. The molecule has 10 heteroatoms. The van der Waals surface area contributed by atoms with E-state index in [0.717, 1.165) is 21.6 Å². The van der Waals surface area contributed by atoms with Gasteiger partial charge in [0.15, 0.2) is 0 Å². The van der Waals surface area contributed by atoms with Crippen LogP contribution in [0.4, 0.5) is 9.80 Å². The third kappa shape index (κ3) is 5.07. The summed E-state index contributed by atoms with van der Waals surface area (Å²) >= 11 is 2.92. The van der Waals surface area contributed by atoms with Crippen molar-refractivity contribution in [2.45, 2.75) is 38.8 Å². The Kier molecular flexibility index (Phi) is 6.68. The summed E-state index contributed by atoms with van der Waals surface area (Å²) in [5.41, 5.74) is 3.16. The summed E-state index contributed by atoms with van der Waals surface area (Å²) in [5, 5.41) is 23.2. The second kappa shape index (κ2) is 9.80. The van der Waals surface area contributed by atoms with Gasteiger partial charge in [-0.05, 0) is 53.8 Å². The molecule has 1 aliphatic carbocycles. The van der Waals surface area contributed by atoms with Gasteiger partial charge in [-0.3, -0.25) is 4.79 Å². The summed E-state index contributed by atoms with van der Waals surface area (Å²) in [7, 11) is 0. The predicted molar refractivity (Wildman–Crippen MR) is 121 cm³/mol. The molecule has 8 nitrogen and oxygen atoms in total. The maximum absolute atomic E-state index is 12.3. The number of amides is 2. The van der Waals surface area contributed by atoms with E-state index in [0.29, 0.717) is 35.6 Å². The zero-order valence-corrected chi connectivity index (χ0v) is 18.8. The summed E-state index contributed by atoms with van der Waals surface area (Å²) in [6, 6.07) is 4.13. The number of ether oxygens (including phenoxy) is 1. The maximum Gasteiger partial charge on any atom is 0.407 e. The van der Waals surface area contributed by atoms with Gasteiger partial charge in [-0.15, -0.1) is 11.3 Å². The quantitative estimate of drug-likeness (QED) is 0.518. The number of carbonyl (C=O) groups excluding carboxylic acids is 2. The number of nitriles is 1. The highest BCUT2D eigenvalue weighted by Gasteiger charge is 2.28. The molecule has 0 aromatic carbocycles. The summed E-state index contributed by atoms with van der Waals surface area (Å²) < 4.78 is 10.5. The standard InChI is InChI=1S/C22H20N4O4S2/c1-13-15(11-25-30-13)10-24-22(28)29-16-3-4-17-18(9-23)21(32-19(17)8-16)26-20(27)5-2-14-6-7-31-12-14/h2,5-7,11-12,16H,3-4,8,10H2,1H3,(H,24,28)(H,26,27). The van der Waals surface area contributed by atoms with E-state index in [1.807, 2.05) is 16.8 Å². The Labute approximate surface area is 192 Å². The first-order chi connectivity index (χ1) is 15.5. The van der Waals surface area contributed by atoms with Crippen LogP contribution in [0.3, 0.4) is 0 Å². The number of rotatable bonds is 6. The highest BCUT2D eigenvalue weighted by atomic mass is 32.1. The van der Waals surface area contributed by atoms with Crippen LogP contribution >= 0.6 is 22.7 Å². The molecule has 3 heterocycles. The van der Waals surface area contributed by atoms with Crippen LogP contribution in [0.1, 0.15) is 39.3 Å². The van der Waals surface area contributed by atoms with E-state index in [-0.39, 0.29) is 18.6 Å². The number of anilines is 1. The second-order valence-corrected chi connectivity index (χ2v) is 9.12. The number of carbonyl (C=O) groups is 2. The molecule has 1 aliphatic rings. The molecule has 1 atom stereocenters. The topological polar surface area (TPSA) is 117 Å². The molecule has 32 heavy (non-hydrogen) atoms. The molecule has 3 aromatic heterocycles. The molecule has 164 valence electrons. The number of hydrogen-bond acceptors (Lipinski definition) is 8. The zero-order chi connectivity index (χ0) is 22.5. The Morgan fingerprint density at radius 2 is 2.34 bits per heavy atom. The van der Waals surface area contributed by atoms with Gasteiger partial charge in [0.05, 0.1) is 18.3 Å². The van der Waals surface area contributed by atoms with Crippen molar-refractivity contribution in [3.05, 3.63) is 62.0 Å². The Bertz CT molecular complexity index is 1190. The van der Waals surface area contributed by atoms with Gasteiger partial charge in [0, 0.05) is 22.9 Å². The second-order valence-electron chi connectivity index (χ2n) is 7.23. The average Bonchev–Trinajstić information content (AvgIpc) is 3.50. The number of alkyl carbamates (subject to hydrolysis) is 1. The van der Waals surface area contributed by atoms with E-state index in [9.17, 15) is 14.9 Å². The third-order valence-corrected chi connectivity index (χ3v) is 6.96. The molecule has 0 radical (unpaired) electrons. The summed E-state index contributed by atoms with van der Waals surface area (Å²) in [5.74, 6) is 0.359. The molecule has 0 fully saturated rings. The van der Waals surface area contributed by atoms with Crippen LogP contribution in [0.2, 0.25) is 0 Å². The van der Waals surface area contributed by atoms with Crippen molar-refractivity contribution >= 4 is 45.8 Å². The van der Waals surface area contributed by atoms with Crippen molar-refractivity contribution in [1.82, 2.24) is 10.5 Å². The van der Waals surface area contributed by atoms with Crippen LogP contribution in [-0.4, -0.2) is 23.3 Å². The molecule has 3 aromatic rings. The average molecular weight is 469 g/mol. The minimum absolute atomic E-state index is 0.277. The third-order valence-electron chi connectivity index (χ3n) is 5.09. The Balaban J connectivity index is 1.36. The molecule has 0 spiro atoms. The van der Waals surface area contributed by atoms with Crippen LogP contribution in [-0.2, 0) is 28.9 Å². The monoisotopic (exact) mass is 468 g/mol.